The van der Waals surface area contributed by atoms with Gasteiger partial charge in [0.25, 0.3) is 0 Å². The maximum Gasteiger partial charge on any atom is 0.0834 e. The standard InChI is InChI=1S/C13H22ClN3O/c1-3-10-4-5-15-12(8-10)13-11(14)9-16-17(13)6-7-18-2/h9-10,12,15H,3-8H2,1-2H3. The van der Waals surface area contributed by atoms with Gasteiger partial charge in [0.15, 0.2) is 0 Å². The van der Waals surface area contributed by atoms with E-state index in [2.05, 4.69) is 17.3 Å². The van der Waals surface area contributed by atoms with Crippen LogP contribution in [0.25, 0.3) is 0 Å². The Morgan fingerprint density at radius 2 is 2.44 bits per heavy atom. The summed E-state index contributed by atoms with van der Waals surface area (Å²) in [6.45, 7) is 4.74. The first-order valence-electron chi connectivity index (χ1n) is 6.69. The summed E-state index contributed by atoms with van der Waals surface area (Å²) in [6.07, 6.45) is 5.39. The lowest BCUT2D eigenvalue weighted by Crippen LogP contribution is -2.33. The highest BCUT2D eigenvalue weighted by atomic mass is 35.5. The maximum absolute atomic E-state index is 6.28. The molecule has 2 atom stereocenters. The van der Waals surface area contributed by atoms with E-state index in [0.29, 0.717) is 12.6 Å². The van der Waals surface area contributed by atoms with Crippen molar-refractivity contribution in [1.82, 2.24) is 15.1 Å². The molecule has 1 fully saturated rings. The molecule has 0 bridgehead atoms. The molecule has 1 aliphatic heterocycles. The molecular weight excluding hydrogens is 250 g/mol. The van der Waals surface area contributed by atoms with Crippen LogP contribution in [-0.2, 0) is 11.3 Å². The van der Waals surface area contributed by atoms with E-state index in [1.165, 1.54) is 12.8 Å². The maximum atomic E-state index is 6.28. The molecule has 5 heteroatoms. The minimum Gasteiger partial charge on any atom is -0.383 e. The van der Waals surface area contributed by atoms with Crippen LogP contribution in [0.4, 0.5) is 0 Å². The third-order valence-electron chi connectivity index (χ3n) is 3.76. The lowest BCUT2D eigenvalue weighted by molar-refractivity contribution is 0.180. The monoisotopic (exact) mass is 271 g/mol. The van der Waals surface area contributed by atoms with Crippen molar-refractivity contribution in [3.63, 3.8) is 0 Å². The number of methoxy groups -OCH3 is 1. The zero-order valence-electron chi connectivity index (χ0n) is 11.2. The van der Waals surface area contributed by atoms with Crippen molar-refractivity contribution in [1.29, 1.82) is 0 Å². The predicted octanol–water partition coefficient (Wildman–Crippen LogP) is 2.63. The topological polar surface area (TPSA) is 39.1 Å². The largest absolute Gasteiger partial charge is 0.383 e. The van der Waals surface area contributed by atoms with Crippen LogP contribution >= 0.6 is 11.6 Å². The first kappa shape index (κ1) is 13.8. The third kappa shape index (κ3) is 3.05. The minimum absolute atomic E-state index is 0.329. The van der Waals surface area contributed by atoms with Gasteiger partial charge in [-0.05, 0) is 25.3 Å². The highest BCUT2D eigenvalue weighted by Gasteiger charge is 2.26. The van der Waals surface area contributed by atoms with Crippen LogP contribution in [0, 0.1) is 5.92 Å². The van der Waals surface area contributed by atoms with Crippen LogP contribution in [0.1, 0.15) is 37.9 Å². The molecule has 0 spiro atoms. The number of aromatic nitrogens is 2. The fourth-order valence-electron chi connectivity index (χ4n) is 2.65. The zero-order chi connectivity index (χ0) is 13.0. The Labute approximate surface area is 114 Å². The van der Waals surface area contributed by atoms with Crippen molar-refractivity contribution in [3.05, 3.63) is 16.9 Å². The lowest BCUT2D eigenvalue weighted by Gasteiger charge is -2.30. The second kappa shape index (κ2) is 6.55. The third-order valence-corrected chi connectivity index (χ3v) is 4.05. The van der Waals surface area contributed by atoms with Crippen molar-refractivity contribution >= 4 is 11.6 Å². The van der Waals surface area contributed by atoms with Crippen LogP contribution in [0.5, 0.6) is 0 Å². The van der Waals surface area contributed by atoms with Crippen molar-refractivity contribution in [2.24, 2.45) is 5.92 Å². The Kier molecular flexibility index (Phi) is 5.03. The molecule has 1 aliphatic rings. The molecule has 2 unspecified atom stereocenters. The fraction of sp³-hybridized carbons (Fsp3) is 0.769. The number of ether oxygens (including phenoxy) is 1. The molecule has 0 amide bonds. The molecule has 0 radical (unpaired) electrons. The SMILES string of the molecule is CCC1CCNC(c2c(Cl)cnn2CCOC)C1. The van der Waals surface area contributed by atoms with E-state index in [9.17, 15) is 0 Å². The van der Waals surface area contributed by atoms with Crippen LogP contribution in [0.15, 0.2) is 6.20 Å². The van der Waals surface area contributed by atoms with Crippen LogP contribution < -0.4 is 5.32 Å². The first-order chi connectivity index (χ1) is 8.76. The molecule has 2 rings (SSSR count). The molecule has 1 saturated heterocycles. The van der Waals surface area contributed by atoms with E-state index in [0.717, 1.165) is 36.1 Å². The van der Waals surface area contributed by atoms with Gasteiger partial charge in [0, 0.05) is 7.11 Å². The van der Waals surface area contributed by atoms with Gasteiger partial charge < -0.3 is 10.1 Å². The zero-order valence-corrected chi connectivity index (χ0v) is 11.9. The molecule has 1 N–H and O–H groups in total. The van der Waals surface area contributed by atoms with Crippen molar-refractivity contribution in [2.75, 3.05) is 20.3 Å². The van der Waals surface area contributed by atoms with Gasteiger partial charge in [0.2, 0.25) is 0 Å². The Bertz CT molecular complexity index is 380. The highest BCUT2D eigenvalue weighted by Crippen LogP contribution is 2.32. The summed E-state index contributed by atoms with van der Waals surface area (Å²) in [4.78, 5) is 0. The summed E-state index contributed by atoms with van der Waals surface area (Å²) in [7, 11) is 1.71. The molecule has 102 valence electrons. The molecule has 0 aromatic carbocycles. The number of piperidine rings is 1. The Hall–Kier alpha value is -0.580. The van der Waals surface area contributed by atoms with Crippen molar-refractivity contribution in [3.8, 4) is 0 Å². The molecule has 1 aromatic rings. The van der Waals surface area contributed by atoms with Gasteiger partial charge in [-0.3, -0.25) is 4.68 Å². The number of halogens is 1. The van der Waals surface area contributed by atoms with Gasteiger partial charge in [-0.2, -0.15) is 5.10 Å². The predicted molar refractivity (Wildman–Crippen MR) is 72.9 cm³/mol. The van der Waals surface area contributed by atoms with Gasteiger partial charge in [-0.15, -0.1) is 0 Å². The highest BCUT2D eigenvalue weighted by molar-refractivity contribution is 6.31. The fourth-order valence-corrected chi connectivity index (χ4v) is 2.92. The summed E-state index contributed by atoms with van der Waals surface area (Å²) >= 11 is 6.28. The van der Waals surface area contributed by atoms with Gasteiger partial charge in [0.1, 0.15) is 0 Å². The molecule has 18 heavy (non-hydrogen) atoms. The van der Waals surface area contributed by atoms with Gasteiger partial charge >= 0.3 is 0 Å². The molecular formula is C13H22ClN3O. The summed E-state index contributed by atoms with van der Waals surface area (Å²) in [5.74, 6) is 0.790. The molecule has 1 aromatic heterocycles. The average Bonchev–Trinajstić information content (AvgIpc) is 2.77. The molecule has 0 aliphatic carbocycles. The number of nitrogens with zero attached hydrogens (tertiary/aromatic N) is 2. The number of rotatable bonds is 5. The summed E-state index contributed by atoms with van der Waals surface area (Å²) in [5.41, 5.74) is 1.12. The van der Waals surface area contributed by atoms with Gasteiger partial charge in [0.05, 0.1) is 36.1 Å². The van der Waals surface area contributed by atoms with Crippen molar-refractivity contribution in [2.45, 2.75) is 38.8 Å². The second-order valence-corrected chi connectivity index (χ2v) is 5.31. The van der Waals surface area contributed by atoms with E-state index in [1.807, 2.05) is 4.68 Å². The number of nitrogens with one attached hydrogen (secondary N) is 1. The Balaban J connectivity index is 2.13. The van der Waals surface area contributed by atoms with Crippen LogP contribution in [0.3, 0.4) is 0 Å². The van der Waals surface area contributed by atoms with E-state index in [-0.39, 0.29) is 0 Å². The number of hydrogen-bond acceptors (Lipinski definition) is 3. The van der Waals surface area contributed by atoms with Gasteiger partial charge in [-0.25, -0.2) is 0 Å². The van der Waals surface area contributed by atoms with E-state index < -0.39 is 0 Å². The van der Waals surface area contributed by atoms with E-state index in [4.69, 9.17) is 16.3 Å². The van der Waals surface area contributed by atoms with Crippen LogP contribution in [0.2, 0.25) is 5.02 Å². The smallest absolute Gasteiger partial charge is 0.0834 e. The lowest BCUT2D eigenvalue weighted by atomic mass is 9.89. The first-order valence-corrected chi connectivity index (χ1v) is 7.07. The summed E-state index contributed by atoms with van der Waals surface area (Å²) < 4.78 is 7.09. The molecule has 2 heterocycles. The summed E-state index contributed by atoms with van der Waals surface area (Å²) in [6, 6.07) is 0.329. The quantitative estimate of drug-likeness (QED) is 0.895. The minimum atomic E-state index is 0.329. The normalized spacial score (nSPS) is 24.4. The van der Waals surface area contributed by atoms with Gasteiger partial charge in [-0.1, -0.05) is 24.9 Å². The van der Waals surface area contributed by atoms with Crippen LogP contribution in [-0.4, -0.2) is 30.0 Å². The average molecular weight is 272 g/mol. The van der Waals surface area contributed by atoms with Crippen molar-refractivity contribution < 1.29 is 4.74 Å². The summed E-state index contributed by atoms with van der Waals surface area (Å²) in [5, 5.41) is 8.67. The number of hydrogen-bond donors (Lipinski definition) is 1. The Morgan fingerprint density at radius 1 is 1.61 bits per heavy atom. The van der Waals surface area contributed by atoms with E-state index >= 15 is 0 Å². The molecule has 0 saturated carbocycles. The van der Waals surface area contributed by atoms with E-state index in [1.54, 1.807) is 13.3 Å². The second-order valence-electron chi connectivity index (χ2n) is 4.90. The molecule has 4 nitrogen and oxygen atoms in total. The Morgan fingerprint density at radius 3 is 3.17 bits per heavy atom.